The molecular formula is C12H25NO3. The molecule has 0 saturated carbocycles. The van der Waals surface area contributed by atoms with Gasteiger partial charge in [-0.05, 0) is 20.3 Å². The van der Waals surface area contributed by atoms with E-state index in [9.17, 15) is 4.79 Å². The summed E-state index contributed by atoms with van der Waals surface area (Å²) in [6.07, 6.45) is 3.37. The predicted octanol–water partition coefficient (Wildman–Crippen LogP) is 1.86. The Balaban J connectivity index is 3.72. The summed E-state index contributed by atoms with van der Waals surface area (Å²) in [4.78, 5) is 11.4. The smallest absolute Gasteiger partial charge is 0.322 e. The fraction of sp³-hybridized carbons (Fsp3) is 0.917. The Kier molecular flexibility index (Phi) is 7.34. The van der Waals surface area contributed by atoms with Crippen LogP contribution in [0.15, 0.2) is 0 Å². The Morgan fingerprint density at radius 1 is 1.44 bits per heavy atom. The maximum Gasteiger partial charge on any atom is 0.322 e. The first-order chi connectivity index (χ1) is 7.43. The lowest BCUT2D eigenvalue weighted by atomic mass is 10.1. The van der Waals surface area contributed by atoms with Crippen molar-refractivity contribution in [1.29, 1.82) is 0 Å². The van der Waals surface area contributed by atoms with Crippen LogP contribution < -0.4 is 5.73 Å². The minimum absolute atomic E-state index is 0.256. The molecule has 0 spiro atoms. The van der Waals surface area contributed by atoms with Crippen LogP contribution in [0.4, 0.5) is 0 Å². The molecule has 1 atom stereocenters. The topological polar surface area (TPSA) is 61.6 Å². The van der Waals surface area contributed by atoms with Gasteiger partial charge in [-0.1, -0.05) is 19.8 Å². The van der Waals surface area contributed by atoms with Crippen molar-refractivity contribution < 1.29 is 14.3 Å². The van der Waals surface area contributed by atoms with Crippen molar-refractivity contribution in [2.75, 3.05) is 13.7 Å². The number of methoxy groups -OCH3 is 1. The van der Waals surface area contributed by atoms with Crippen molar-refractivity contribution in [2.24, 2.45) is 5.73 Å². The summed E-state index contributed by atoms with van der Waals surface area (Å²) < 4.78 is 10.3. The summed E-state index contributed by atoms with van der Waals surface area (Å²) >= 11 is 0. The second-order valence-electron chi connectivity index (χ2n) is 4.63. The Morgan fingerprint density at radius 2 is 2.06 bits per heavy atom. The zero-order valence-corrected chi connectivity index (χ0v) is 10.9. The average molecular weight is 231 g/mol. The van der Waals surface area contributed by atoms with E-state index < -0.39 is 6.04 Å². The summed E-state index contributed by atoms with van der Waals surface area (Å²) in [6, 6.07) is -0.481. The Labute approximate surface area is 98.5 Å². The second kappa shape index (κ2) is 7.63. The van der Waals surface area contributed by atoms with Crippen LogP contribution in [-0.4, -0.2) is 31.3 Å². The molecule has 0 fully saturated rings. The molecule has 0 aromatic heterocycles. The molecule has 0 saturated heterocycles. The molecule has 0 aliphatic carbocycles. The highest BCUT2D eigenvalue weighted by molar-refractivity contribution is 5.75. The van der Waals surface area contributed by atoms with Crippen LogP contribution >= 0.6 is 0 Å². The van der Waals surface area contributed by atoms with E-state index in [1.807, 2.05) is 13.8 Å². The van der Waals surface area contributed by atoms with E-state index in [0.717, 1.165) is 12.8 Å². The lowest BCUT2D eigenvalue weighted by Crippen LogP contribution is -2.33. The van der Waals surface area contributed by atoms with Gasteiger partial charge >= 0.3 is 5.97 Å². The highest BCUT2D eigenvalue weighted by Gasteiger charge is 2.19. The van der Waals surface area contributed by atoms with Crippen LogP contribution in [0.1, 0.15) is 46.5 Å². The molecular weight excluding hydrogens is 206 g/mol. The van der Waals surface area contributed by atoms with Gasteiger partial charge < -0.3 is 15.2 Å². The molecule has 0 radical (unpaired) electrons. The third kappa shape index (κ3) is 6.80. The van der Waals surface area contributed by atoms with Crippen molar-refractivity contribution in [2.45, 2.75) is 58.1 Å². The number of ether oxygens (including phenoxy) is 2. The molecule has 0 heterocycles. The number of hydrogen-bond acceptors (Lipinski definition) is 4. The zero-order valence-electron chi connectivity index (χ0n) is 10.9. The number of esters is 1. The van der Waals surface area contributed by atoms with Crippen LogP contribution in [0.3, 0.4) is 0 Å². The van der Waals surface area contributed by atoms with Gasteiger partial charge in [0.15, 0.2) is 0 Å². The summed E-state index contributed by atoms with van der Waals surface area (Å²) in [5.74, 6) is -0.305. The molecule has 0 unspecified atom stereocenters. The van der Waals surface area contributed by atoms with Crippen molar-refractivity contribution in [3.8, 4) is 0 Å². The molecule has 0 amide bonds. The highest BCUT2D eigenvalue weighted by atomic mass is 16.5. The third-order valence-electron chi connectivity index (χ3n) is 2.67. The zero-order chi connectivity index (χ0) is 12.6. The van der Waals surface area contributed by atoms with E-state index >= 15 is 0 Å². The van der Waals surface area contributed by atoms with E-state index in [1.165, 1.54) is 0 Å². The van der Waals surface area contributed by atoms with Gasteiger partial charge in [-0.15, -0.1) is 0 Å². The normalized spacial score (nSPS) is 13.6. The van der Waals surface area contributed by atoms with E-state index in [2.05, 4.69) is 6.92 Å². The van der Waals surface area contributed by atoms with Crippen molar-refractivity contribution in [1.82, 2.24) is 0 Å². The van der Waals surface area contributed by atoms with Crippen molar-refractivity contribution in [3.05, 3.63) is 0 Å². The molecule has 0 aromatic rings. The first kappa shape index (κ1) is 15.4. The van der Waals surface area contributed by atoms with Crippen LogP contribution in [0.2, 0.25) is 0 Å². The quantitative estimate of drug-likeness (QED) is 0.648. The lowest BCUT2D eigenvalue weighted by Gasteiger charge is -2.22. The number of nitrogens with two attached hydrogens (primary N) is 1. The number of unbranched alkanes of at least 4 members (excludes halogenated alkanes) is 1. The van der Waals surface area contributed by atoms with Gasteiger partial charge in [0.05, 0.1) is 12.2 Å². The molecule has 0 aromatic carbocycles. The molecule has 96 valence electrons. The molecule has 2 N–H and O–H groups in total. The highest BCUT2D eigenvalue weighted by Crippen LogP contribution is 2.12. The molecule has 4 heteroatoms. The fourth-order valence-electron chi connectivity index (χ4n) is 1.15. The fourth-order valence-corrected chi connectivity index (χ4v) is 1.15. The summed E-state index contributed by atoms with van der Waals surface area (Å²) in [7, 11) is 1.65. The van der Waals surface area contributed by atoms with Gasteiger partial charge in [0.1, 0.15) is 6.04 Å². The largest absolute Gasteiger partial charge is 0.464 e. The van der Waals surface area contributed by atoms with Gasteiger partial charge in [-0.3, -0.25) is 4.79 Å². The summed E-state index contributed by atoms with van der Waals surface area (Å²) in [6.45, 7) is 6.34. The molecule has 0 bridgehead atoms. The van der Waals surface area contributed by atoms with Gasteiger partial charge in [-0.2, -0.15) is 0 Å². The van der Waals surface area contributed by atoms with E-state index in [-0.39, 0.29) is 11.6 Å². The Bertz CT molecular complexity index is 204. The van der Waals surface area contributed by atoms with Crippen LogP contribution in [0, 0.1) is 0 Å². The number of carbonyl (C=O) groups is 1. The molecule has 0 aliphatic rings. The van der Waals surface area contributed by atoms with E-state index in [0.29, 0.717) is 19.4 Å². The van der Waals surface area contributed by atoms with Crippen molar-refractivity contribution >= 4 is 5.97 Å². The molecule has 0 aliphatic heterocycles. The predicted molar refractivity (Wildman–Crippen MR) is 64.2 cm³/mol. The number of carbonyl (C=O) groups excluding carboxylic acids is 1. The summed E-state index contributed by atoms with van der Waals surface area (Å²) in [5, 5.41) is 0. The molecule has 0 rings (SSSR count). The number of hydrogen-bond donors (Lipinski definition) is 1. The second-order valence-corrected chi connectivity index (χ2v) is 4.63. The maximum absolute atomic E-state index is 11.4. The summed E-state index contributed by atoms with van der Waals surface area (Å²) in [5.41, 5.74) is 5.42. The minimum atomic E-state index is -0.481. The van der Waals surface area contributed by atoms with Gasteiger partial charge in [0.2, 0.25) is 0 Å². The Hall–Kier alpha value is -0.610. The maximum atomic E-state index is 11.4. The van der Waals surface area contributed by atoms with Gasteiger partial charge in [-0.25, -0.2) is 0 Å². The first-order valence-corrected chi connectivity index (χ1v) is 5.90. The van der Waals surface area contributed by atoms with E-state index in [4.69, 9.17) is 15.2 Å². The Morgan fingerprint density at radius 3 is 2.56 bits per heavy atom. The lowest BCUT2D eigenvalue weighted by molar-refractivity contribution is -0.146. The van der Waals surface area contributed by atoms with Crippen molar-refractivity contribution in [3.63, 3.8) is 0 Å². The monoisotopic (exact) mass is 231 g/mol. The van der Waals surface area contributed by atoms with Gasteiger partial charge in [0, 0.05) is 13.5 Å². The average Bonchev–Trinajstić information content (AvgIpc) is 2.25. The molecule has 4 nitrogen and oxygen atoms in total. The SMILES string of the molecule is CCCC[C@H](N)C(=O)OCCC(C)(C)OC. The van der Waals surface area contributed by atoms with Crippen LogP contribution in [0.5, 0.6) is 0 Å². The number of rotatable bonds is 8. The van der Waals surface area contributed by atoms with Crippen LogP contribution in [0.25, 0.3) is 0 Å². The standard InChI is InChI=1S/C12H25NO3/c1-5-6-7-10(13)11(14)16-9-8-12(2,3)15-4/h10H,5-9,13H2,1-4H3/t10-/m0/s1. The third-order valence-corrected chi connectivity index (χ3v) is 2.67. The minimum Gasteiger partial charge on any atom is -0.464 e. The first-order valence-electron chi connectivity index (χ1n) is 5.90. The molecule has 16 heavy (non-hydrogen) atoms. The van der Waals surface area contributed by atoms with E-state index in [1.54, 1.807) is 7.11 Å². The van der Waals surface area contributed by atoms with Crippen LogP contribution in [-0.2, 0) is 14.3 Å². The van der Waals surface area contributed by atoms with Gasteiger partial charge in [0.25, 0.3) is 0 Å².